The van der Waals surface area contributed by atoms with Crippen molar-refractivity contribution in [3.05, 3.63) is 72.9 Å². The van der Waals surface area contributed by atoms with Gasteiger partial charge in [-0.2, -0.15) is 8.42 Å². The van der Waals surface area contributed by atoms with Crippen molar-refractivity contribution in [1.82, 2.24) is 5.32 Å². The first kappa shape index (κ1) is 54.8. The Morgan fingerprint density at radius 2 is 0.842 bits per heavy atom. The van der Waals surface area contributed by atoms with Crippen LogP contribution >= 0.6 is 0 Å². The first-order valence-electron chi connectivity index (χ1n) is 23.6. The monoisotopic (exact) mass is 816 g/mol. The van der Waals surface area contributed by atoms with Crippen LogP contribution in [-0.4, -0.2) is 41.9 Å². The minimum absolute atomic E-state index is 0.280. The highest BCUT2D eigenvalue weighted by Crippen LogP contribution is 2.15. The molecule has 0 bridgehead atoms. The second-order valence-electron chi connectivity index (χ2n) is 16.0. The fraction of sp³-hybridized carbons (Fsp3) is 0.740. The molecule has 0 fully saturated rings. The maximum atomic E-state index is 12.6. The molecular formula is C50H89NO5S. The van der Waals surface area contributed by atoms with Crippen LogP contribution < -0.4 is 5.32 Å². The molecule has 6 nitrogen and oxygen atoms in total. The molecule has 0 heterocycles. The van der Waals surface area contributed by atoms with Gasteiger partial charge in [0.05, 0.1) is 17.9 Å². The number of unbranched alkanes of at least 4 members (excludes halogenated alkanes) is 24. The van der Waals surface area contributed by atoms with E-state index >= 15 is 0 Å². The van der Waals surface area contributed by atoms with E-state index in [9.17, 15) is 22.9 Å². The minimum Gasteiger partial charge on any atom is -0.387 e. The predicted octanol–water partition coefficient (Wildman–Crippen LogP) is 14.6. The van der Waals surface area contributed by atoms with Gasteiger partial charge in [0, 0.05) is 6.42 Å². The summed E-state index contributed by atoms with van der Waals surface area (Å²) in [6, 6.07) is -1.07. The van der Waals surface area contributed by atoms with Crippen LogP contribution in [0.25, 0.3) is 0 Å². The summed E-state index contributed by atoms with van der Waals surface area (Å²) < 4.78 is 32.6. The topological polar surface area (TPSA) is 104 Å². The summed E-state index contributed by atoms with van der Waals surface area (Å²) >= 11 is 0. The molecule has 0 aromatic rings. The van der Waals surface area contributed by atoms with E-state index in [1.54, 1.807) is 6.08 Å². The number of allylic oxidation sites excluding steroid dienone is 11. The molecule has 0 aliphatic carbocycles. The van der Waals surface area contributed by atoms with Crippen LogP contribution in [0.3, 0.4) is 0 Å². The Balaban J connectivity index is 3.89. The van der Waals surface area contributed by atoms with Crippen LogP contribution in [0.15, 0.2) is 72.9 Å². The average molecular weight is 816 g/mol. The number of aliphatic hydroxyl groups excluding tert-OH is 1. The SMILES string of the molecule is CC/C=C\C/C=C\C/C=C\C/C=C\C/C=C\CCCCCCCCCC(=O)NC(CS(=O)(=O)O)C(O)/C=C/CCCCCCCCCCCCCCCCCCC. The van der Waals surface area contributed by atoms with Gasteiger partial charge in [-0.15, -0.1) is 0 Å². The lowest BCUT2D eigenvalue weighted by Gasteiger charge is -2.21. The van der Waals surface area contributed by atoms with Crippen molar-refractivity contribution in [2.24, 2.45) is 0 Å². The van der Waals surface area contributed by atoms with Crippen molar-refractivity contribution in [2.75, 3.05) is 5.75 Å². The zero-order valence-corrected chi connectivity index (χ0v) is 37.8. The van der Waals surface area contributed by atoms with Gasteiger partial charge in [-0.3, -0.25) is 9.35 Å². The van der Waals surface area contributed by atoms with Gasteiger partial charge >= 0.3 is 0 Å². The molecule has 2 unspecified atom stereocenters. The number of hydrogen-bond donors (Lipinski definition) is 3. The molecule has 0 aliphatic heterocycles. The van der Waals surface area contributed by atoms with E-state index in [1.807, 2.05) is 6.08 Å². The molecule has 57 heavy (non-hydrogen) atoms. The third-order valence-electron chi connectivity index (χ3n) is 10.4. The molecule has 3 N–H and O–H groups in total. The summed E-state index contributed by atoms with van der Waals surface area (Å²) in [5.41, 5.74) is 0. The third kappa shape index (κ3) is 44.7. The van der Waals surface area contributed by atoms with E-state index in [0.29, 0.717) is 0 Å². The van der Waals surface area contributed by atoms with Crippen molar-refractivity contribution < 1.29 is 22.9 Å². The second kappa shape index (κ2) is 43.4. The fourth-order valence-corrected chi connectivity index (χ4v) is 7.62. The summed E-state index contributed by atoms with van der Waals surface area (Å²) in [5.74, 6) is -0.996. The Morgan fingerprint density at radius 1 is 0.491 bits per heavy atom. The standard InChI is InChI=1S/C50H89NO5S/c1-3-5-7-9-11-13-15-17-19-21-23-24-25-26-28-30-32-34-36-38-40-42-44-46-50(53)51-48(47-57(54,55)56)49(52)45-43-41-39-37-35-33-31-29-27-22-20-18-16-14-12-10-8-6-4-2/h5,7,11,13,17,19,23-24,26,28,43,45,48-49,52H,3-4,6,8-10,12,14-16,18,20-22,25,27,29-42,44,46-47H2,1-2H3,(H,51,53)(H,54,55,56)/b7-5-,13-11-,19-17-,24-23-,28-26-,45-43+. The van der Waals surface area contributed by atoms with Crippen molar-refractivity contribution in [2.45, 2.75) is 231 Å². The fourth-order valence-electron chi connectivity index (χ4n) is 6.89. The Kier molecular flexibility index (Phi) is 41.7. The van der Waals surface area contributed by atoms with Crippen LogP contribution in [0.4, 0.5) is 0 Å². The van der Waals surface area contributed by atoms with E-state index in [0.717, 1.165) is 83.5 Å². The first-order chi connectivity index (χ1) is 27.8. The number of carbonyl (C=O) groups is 1. The van der Waals surface area contributed by atoms with Crippen LogP contribution in [0.5, 0.6) is 0 Å². The molecular weight excluding hydrogens is 727 g/mol. The molecule has 2 atom stereocenters. The Morgan fingerprint density at radius 3 is 1.25 bits per heavy atom. The highest BCUT2D eigenvalue weighted by atomic mass is 32.2. The van der Waals surface area contributed by atoms with Gasteiger partial charge in [0.2, 0.25) is 5.91 Å². The van der Waals surface area contributed by atoms with Gasteiger partial charge in [-0.05, 0) is 64.2 Å². The largest absolute Gasteiger partial charge is 0.387 e. The van der Waals surface area contributed by atoms with Crippen molar-refractivity contribution in [1.29, 1.82) is 0 Å². The highest BCUT2D eigenvalue weighted by Gasteiger charge is 2.24. The quantitative estimate of drug-likeness (QED) is 0.0323. The van der Waals surface area contributed by atoms with Crippen LogP contribution in [0.2, 0.25) is 0 Å². The summed E-state index contributed by atoms with van der Waals surface area (Å²) in [6.07, 6.45) is 61.8. The summed E-state index contributed by atoms with van der Waals surface area (Å²) in [6.45, 7) is 4.43. The van der Waals surface area contributed by atoms with Crippen molar-refractivity contribution in [3.8, 4) is 0 Å². The van der Waals surface area contributed by atoms with Gasteiger partial charge in [-0.25, -0.2) is 0 Å². The number of hydrogen-bond acceptors (Lipinski definition) is 4. The molecule has 0 radical (unpaired) electrons. The van der Waals surface area contributed by atoms with Gasteiger partial charge in [0.15, 0.2) is 0 Å². The zero-order chi connectivity index (χ0) is 41.8. The number of rotatable bonds is 42. The number of aliphatic hydroxyl groups is 1. The van der Waals surface area contributed by atoms with E-state index in [-0.39, 0.29) is 12.3 Å². The van der Waals surface area contributed by atoms with Gasteiger partial charge in [0.25, 0.3) is 10.1 Å². The zero-order valence-electron chi connectivity index (χ0n) is 36.9. The number of amides is 1. The Labute approximate surface area is 353 Å². The number of carbonyl (C=O) groups excluding carboxylic acids is 1. The lowest BCUT2D eigenvalue weighted by atomic mass is 10.0. The lowest BCUT2D eigenvalue weighted by molar-refractivity contribution is -0.122. The maximum Gasteiger partial charge on any atom is 0.267 e. The highest BCUT2D eigenvalue weighted by molar-refractivity contribution is 7.85. The smallest absolute Gasteiger partial charge is 0.267 e. The molecule has 1 amide bonds. The second-order valence-corrected chi connectivity index (χ2v) is 17.5. The summed E-state index contributed by atoms with van der Waals surface area (Å²) in [7, 11) is -4.36. The van der Waals surface area contributed by atoms with E-state index in [2.05, 4.69) is 79.9 Å². The lowest BCUT2D eigenvalue weighted by Crippen LogP contribution is -2.46. The molecule has 7 heteroatoms. The van der Waals surface area contributed by atoms with Crippen LogP contribution in [-0.2, 0) is 14.9 Å². The van der Waals surface area contributed by atoms with E-state index < -0.39 is 28.0 Å². The van der Waals surface area contributed by atoms with Crippen LogP contribution in [0, 0.1) is 0 Å². The van der Waals surface area contributed by atoms with Gasteiger partial charge in [-0.1, -0.05) is 222 Å². The Hall–Kier alpha value is -2.22. The van der Waals surface area contributed by atoms with Crippen molar-refractivity contribution >= 4 is 16.0 Å². The molecule has 0 saturated carbocycles. The summed E-state index contributed by atoms with van der Waals surface area (Å²) in [4.78, 5) is 12.6. The van der Waals surface area contributed by atoms with Gasteiger partial charge in [0.1, 0.15) is 0 Å². The molecule has 0 aliphatic rings. The Bertz CT molecular complexity index is 1170. The number of nitrogens with one attached hydrogen (secondary N) is 1. The molecule has 330 valence electrons. The minimum atomic E-state index is -4.36. The molecule has 0 aromatic heterocycles. The van der Waals surface area contributed by atoms with Crippen molar-refractivity contribution in [3.63, 3.8) is 0 Å². The predicted molar refractivity (Wildman–Crippen MR) is 248 cm³/mol. The molecule has 0 saturated heterocycles. The molecule has 0 aromatic carbocycles. The normalized spacial score (nSPS) is 13.8. The third-order valence-corrected chi connectivity index (χ3v) is 11.2. The first-order valence-corrected chi connectivity index (χ1v) is 25.2. The average Bonchev–Trinajstić information content (AvgIpc) is 3.18. The summed E-state index contributed by atoms with van der Waals surface area (Å²) in [5, 5.41) is 13.3. The maximum absolute atomic E-state index is 12.6. The van der Waals surface area contributed by atoms with Gasteiger partial charge < -0.3 is 10.4 Å². The van der Waals surface area contributed by atoms with E-state index in [4.69, 9.17) is 0 Å². The van der Waals surface area contributed by atoms with E-state index in [1.165, 1.54) is 116 Å². The molecule has 0 rings (SSSR count). The molecule has 0 spiro atoms. The van der Waals surface area contributed by atoms with Crippen LogP contribution in [0.1, 0.15) is 219 Å².